The van der Waals surface area contributed by atoms with E-state index in [-0.39, 0.29) is 42.5 Å². The average molecular weight is 421 g/mol. The molecule has 0 radical (unpaired) electrons. The molecule has 0 saturated heterocycles. The van der Waals surface area contributed by atoms with Crippen LogP contribution in [-0.2, 0) is 16.1 Å². The molecule has 2 aromatic carbocycles. The van der Waals surface area contributed by atoms with E-state index < -0.39 is 0 Å². The van der Waals surface area contributed by atoms with Crippen molar-refractivity contribution in [1.82, 2.24) is 10.2 Å². The van der Waals surface area contributed by atoms with Gasteiger partial charge in [-0.1, -0.05) is 37.6 Å². The van der Waals surface area contributed by atoms with E-state index in [1.165, 1.54) is 4.90 Å². The molecule has 0 bridgehead atoms. The number of carbonyl (C=O) groups excluding carboxylic acids is 4. The Balaban J connectivity index is 1.46. The molecule has 7 heteroatoms. The lowest BCUT2D eigenvalue weighted by molar-refractivity contribution is -0.121. The minimum atomic E-state index is -0.305. The van der Waals surface area contributed by atoms with Gasteiger partial charge in [-0.3, -0.25) is 24.1 Å². The predicted molar refractivity (Wildman–Crippen MR) is 118 cm³/mol. The lowest BCUT2D eigenvalue weighted by atomic mass is 10.1. The Hall–Kier alpha value is -3.48. The van der Waals surface area contributed by atoms with Crippen molar-refractivity contribution in [1.29, 1.82) is 0 Å². The summed E-state index contributed by atoms with van der Waals surface area (Å²) in [6.45, 7) is 6.05. The van der Waals surface area contributed by atoms with E-state index >= 15 is 0 Å². The molecule has 1 heterocycles. The molecule has 0 aromatic heterocycles. The molecule has 162 valence electrons. The number of nitrogens with one attached hydrogen (secondary N) is 2. The van der Waals surface area contributed by atoms with Gasteiger partial charge in [-0.05, 0) is 43.2 Å². The smallest absolute Gasteiger partial charge is 0.261 e. The van der Waals surface area contributed by atoms with Crippen molar-refractivity contribution >= 4 is 29.3 Å². The average Bonchev–Trinajstić information content (AvgIpc) is 2.96. The number of benzene rings is 2. The molecule has 0 fully saturated rings. The molecule has 4 amide bonds. The van der Waals surface area contributed by atoms with Crippen molar-refractivity contribution in [3.63, 3.8) is 0 Å². The molecule has 1 aliphatic rings. The van der Waals surface area contributed by atoms with Crippen LogP contribution in [0.5, 0.6) is 0 Å². The van der Waals surface area contributed by atoms with E-state index in [0.29, 0.717) is 29.8 Å². The first kappa shape index (κ1) is 22.2. The summed E-state index contributed by atoms with van der Waals surface area (Å²) in [4.78, 5) is 50.1. The maximum absolute atomic E-state index is 12.5. The Bertz CT molecular complexity index is 1030. The van der Waals surface area contributed by atoms with E-state index in [9.17, 15) is 19.2 Å². The fourth-order valence-corrected chi connectivity index (χ4v) is 3.34. The third-order valence-corrected chi connectivity index (χ3v) is 5.12. The van der Waals surface area contributed by atoms with Crippen LogP contribution in [0.4, 0.5) is 5.69 Å². The van der Waals surface area contributed by atoms with Crippen LogP contribution in [-0.4, -0.2) is 35.1 Å². The minimum absolute atomic E-state index is 0.0653. The van der Waals surface area contributed by atoms with Gasteiger partial charge in [0.2, 0.25) is 11.8 Å². The summed E-state index contributed by atoms with van der Waals surface area (Å²) >= 11 is 0. The van der Waals surface area contributed by atoms with E-state index in [2.05, 4.69) is 10.6 Å². The van der Waals surface area contributed by atoms with Crippen molar-refractivity contribution in [2.75, 3.05) is 11.9 Å². The fourth-order valence-electron chi connectivity index (χ4n) is 3.34. The van der Waals surface area contributed by atoms with Gasteiger partial charge in [0, 0.05) is 31.1 Å². The van der Waals surface area contributed by atoms with Gasteiger partial charge in [-0.15, -0.1) is 0 Å². The second kappa shape index (κ2) is 9.55. The number of aryl methyl sites for hydroxylation is 1. The standard InChI is InChI=1S/C24H27N3O4/c1-15(2)22(29)26-18-7-4-6-17(13-18)14-25-21(28)8-5-11-27-23(30)19-10-9-16(3)12-20(19)24(27)31/h4,6-7,9-10,12-13,15H,5,8,11,14H2,1-3H3,(H,25,28)(H,26,29). The molecule has 3 rings (SSSR count). The Morgan fingerprint density at radius 3 is 2.48 bits per heavy atom. The quantitative estimate of drug-likeness (QED) is 0.640. The molecule has 7 nitrogen and oxygen atoms in total. The summed E-state index contributed by atoms with van der Waals surface area (Å²) in [5.74, 6) is -0.951. The summed E-state index contributed by atoms with van der Waals surface area (Å²) in [6.07, 6.45) is 0.594. The van der Waals surface area contributed by atoms with Crippen LogP contribution in [0.1, 0.15) is 58.5 Å². The number of fused-ring (bicyclic) bond motifs is 1. The highest BCUT2D eigenvalue weighted by Crippen LogP contribution is 2.24. The molecule has 2 aromatic rings. The number of rotatable bonds is 8. The summed E-state index contributed by atoms with van der Waals surface area (Å²) in [5, 5.41) is 5.67. The maximum Gasteiger partial charge on any atom is 0.261 e. The molecule has 0 unspecified atom stereocenters. The molecule has 1 aliphatic heterocycles. The summed E-state index contributed by atoms with van der Waals surface area (Å²) in [6, 6.07) is 12.5. The van der Waals surface area contributed by atoms with Gasteiger partial charge in [0.15, 0.2) is 0 Å². The molecule has 2 N–H and O–H groups in total. The van der Waals surface area contributed by atoms with Gasteiger partial charge in [-0.2, -0.15) is 0 Å². The van der Waals surface area contributed by atoms with Crippen molar-refractivity contribution in [2.45, 2.75) is 40.2 Å². The van der Waals surface area contributed by atoms with Crippen LogP contribution < -0.4 is 10.6 Å². The normalized spacial score (nSPS) is 12.8. The zero-order valence-electron chi connectivity index (χ0n) is 18.0. The van der Waals surface area contributed by atoms with Gasteiger partial charge in [-0.25, -0.2) is 0 Å². The predicted octanol–water partition coefficient (Wildman–Crippen LogP) is 3.28. The Kier molecular flexibility index (Phi) is 6.84. The largest absolute Gasteiger partial charge is 0.352 e. The Morgan fingerprint density at radius 1 is 1.00 bits per heavy atom. The highest BCUT2D eigenvalue weighted by molar-refractivity contribution is 6.21. The van der Waals surface area contributed by atoms with Gasteiger partial charge >= 0.3 is 0 Å². The van der Waals surface area contributed by atoms with Crippen LogP contribution in [0.2, 0.25) is 0 Å². The zero-order chi connectivity index (χ0) is 22.5. The molecular formula is C24H27N3O4. The number of hydrogen-bond acceptors (Lipinski definition) is 4. The lowest BCUT2D eigenvalue weighted by Gasteiger charge is -2.13. The highest BCUT2D eigenvalue weighted by Gasteiger charge is 2.34. The van der Waals surface area contributed by atoms with Crippen LogP contribution >= 0.6 is 0 Å². The van der Waals surface area contributed by atoms with Gasteiger partial charge in [0.1, 0.15) is 0 Å². The minimum Gasteiger partial charge on any atom is -0.352 e. The summed E-state index contributed by atoms with van der Waals surface area (Å²) in [5.41, 5.74) is 3.33. The Morgan fingerprint density at radius 2 is 1.74 bits per heavy atom. The second-order valence-electron chi connectivity index (χ2n) is 8.04. The molecular weight excluding hydrogens is 394 g/mol. The van der Waals surface area contributed by atoms with Crippen molar-refractivity contribution in [3.05, 3.63) is 64.7 Å². The summed E-state index contributed by atoms with van der Waals surface area (Å²) < 4.78 is 0. The zero-order valence-corrected chi connectivity index (χ0v) is 18.0. The van der Waals surface area contributed by atoms with Crippen molar-refractivity contribution < 1.29 is 19.2 Å². The maximum atomic E-state index is 12.5. The number of nitrogens with zero attached hydrogens (tertiary/aromatic N) is 1. The van der Waals surface area contributed by atoms with E-state index in [0.717, 1.165) is 11.1 Å². The van der Waals surface area contributed by atoms with Crippen molar-refractivity contribution in [2.24, 2.45) is 5.92 Å². The Labute approximate surface area is 181 Å². The van der Waals surface area contributed by atoms with E-state index in [1.54, 1.807) is 18.2 Å². The van der Waals surface area contributed by atoms with Crippen molar-refractivity contribution in [3.8, 4) is 0 Å². The topological polar surface area (TPSA) is 95.6 Å². The SMILES string of the molecule is Cc1ccc2c(c1)C(=O)N(CCCC(=O)NCc1cccc(NC(=O)C(C)C)c1)C2=O. The van der Waals surface area contributed by atoms with Gasteiger partial charge in [0.25, 0.3) is 11.8 Å². The fraction of sp³-hybridized carbons (Fsp3) is 0.333. The molecule has 0 aliphatic carbocycles. The van der Waals surface area contributed by atoms with Crippen LogP contribution in [0.25, 0.3) is 0 Å². The number of imide groups is 1. The lowest BCUT2D eigenvalue weighted by Crippen LogP contribution is -2.32. The van der Waals surface area contributed by atoms with Gasteiger partial charge in [0.05, 0.1) is 11.1 Å². The second-order valence-corrected chi connectivity index (χ2v) is 8.04. The molecule has 0 spiro atoms. The van der Waals surface area contributed by atoms with E-state index in [4.69, 9.17) is 0 Å². The third-order valence-electron chi connectivity index (χ3n) is 5.12. The van der Waals surface area contributed by atoms with E-state index in [1.807, 2.05) is 45.0 Å². The monoisotopic (exact) mass is 421 g/mol. The van der Waals surface area contributed by atoms with Crippen LogP contribution in [0.15, 0.2) is 42.5 Å². The van der Waals surface area contributed by atoms with Gasteiger partial charge < -0.3 is 10.6 Å². The summed E-state index contributed by atoms with van der Waals surface area (Å²) in [7, 11) is 0. The number of hydrogen-bond donors (Lipinski definition) is 2. The first-order valence-electron chi connectivity index (χ1n) is 10.4. The van der Waals surface area contributed by atoms with Crippen LogP contribution in [0.3, 0.4) is 0 Å². The first-order valence-corrected chi connectivity index (χ1v) is 10.4. The highest BCUT2D eigenvalue weighted by atomic mass is 16.2. The number of carbonyl (C=O) groups is 4. The first-order chi connectivity index (χ1) is 14.8. The number of anilines is 1. The van der Waals surface area contributed by atoms with Crippen LogP contribution in [0, 0.1) is 12.8 Å². The molecule has 0 atom stereocenters. The molecule has 0 saturated carbocycles. The number of amides is 4. The third kappa shape index (κ3) is 5.36. The molecule has 31 heavy (non-hydrogen) atoms.